The third kappa shape index (κ3) is 1.25. The number of amides is 1. The van der Waals surface area contributed by atoms with E-state index in [1.54, 1.807) is 6.08 Å². The van der Waals surface area contributed by atoms with Gasteiger partial charge >= 0.3 is 6.09 Å². The summed E-state index contributed by atoms with van der Waals surface area (Å²) in [6.45, 7) is 0. The largest absolute Gasteiger partial charge is 0.451 e. The predicted molar refractivity (Wildman–Crippen MR) is 35.0 cm³/mol. The van der Waals surface area contributed by atoms with Crippen molar-refractivity contribution < 1.29 is 9.53 Å². The molecule has 1 heterocycles. The number of nitrogens with one attached hydrogen (secondary N) is 1. The molecule has 5 heteroatoms. The molecule has 0 aromatic heterocycles. The number of carbonyl (C=O) groups is 1. The molecule has 5 nitrogen and oxygen atoms in total. The van der Waals surface area contributed by atoms with Crippen molar-refractivity contribution in [3.05, 3.63) is 12.3 Å². The molecule has 1 rings (SSSR count). The maximum absolute atomic E-state index is 10.7. The lowest BCUT2D eigenvalue weighted by Gasteiger charge is -2.16. The van der Waals surface area contributed by atoms with Crippen LogP contribution in [-0.4, -0.2) is 24.4 Å². The average Bonchev–Trinajstić information content (AvgIpc) is 2.05. The van der Waals surface area contributed by atoms with Gasteiger partial charge in [-0.25, -0.2) is 10.3 Å². The second-order valence-electron chi connectivity index (χ2n) is 1.56. The first-order chi connectivity index (χ1) is 4.84. The van der Waals surface area contributed by atoms with Crippen LogP contribution in [0, 0.1) is 0 Å². The molecule has 0 bridgehead atoms. The maximum atomic E-state index is 10.7. The second kappa shape index (κ2) is 2.86. The second-order valence-corrected chi connectivity index (χ2v) is 1.56. The van der Waals surface area contributed by atoms with Crippen LogP contribution in [0.4, 0.5) is 4.79 Å². The van der Waals surface area contributed by atoms with Gasteiger partial charge in [0.2, 0.25) is 0 Å². The molecule has 54 valence electrons. The number of carbonyl (C=O) groups excluding carboxylic acids is 1. The Hall–Kier alpha value is -1.52. The Labute approximate surface area is 57.9 Å². The highest BCUT2D eigenvalue weighted by Crippen LogP contribution is 1.91. The fourth-order valence-electron chi connectivity index (χ4n) is 0.496. The van der Waals surface area contributed by atoms with Gasteiger partial charge in [0.15, 0.2) is 0 Å². The van der Waals surface area contributed by atoms with Crippen molar-refractivity contribution in [1.82, 2.24) is 10.5 Å². The Kier molecular flexibility index (Phi) is 1.89. The molecule has 0 saturated carbocycles. The van der Waals surface area contributed by atoms with E-state index >= 15 is 0 Å². The summed E-state index contributed by atoms with van der Waals surface area (Å²) in [6, 6.07) is 0. The molecule has 0 saturated heterocycles. The predicted octanol–water partition coefficient (Wildman–Crippen LogP) is 0.0725. The van der Waals surface area contributed by atoms with Gasteiger partial charge in [0.05, 0.1) is 13.3 Å². The minimum absolute atomic E-state index is 0.492. The van der Waals surface area contributed by atoms with Crippen LogP contribution in [0.1, 0.15) is 0 Å². The van der Waals surface area contributed by atoms with Crippen molar-refractivity contribution in [3.63, 3.8) is 0 Å². The van der Waals surface area contributed by atoms with Gasteiger partial charge in [-0.15, -0.1) is 0 Å². The van der Waals surface area contributed by atoms with E-state index in [4.69, 9.17) is 0 Å². The number of hydrogen-bond donors (Lipinski definition) is 1. The Bertz CT molecular complexity index is 187. The van der Waals surface area contributed by atoms with Gasteiger partial charge in [-0.2, -0.15) is 10.1 Å². The summed E-state index contributed by atoms with van der Waals surface area (Å²) in [7, 11) is 1.30. The number of ether oxygens (including phenoxy) is 1. The van der Waals surface area contributed by atoms with Crippen LogP contribution in [0.2, 0.25) is 0 Å². The minimum atomic E-state index is -0.492. The highest BCUT2D eigenvalue weighted by atomic mass is 16.5. The Balaban J connectivity index is 2.51. The minimum Gasteiger partial charge on any atom is -0.451 e. The van der Waals surface area contributed by atoms with Crippen LogP contribution in [-0.2, 0) is 4.74 Å². The fourth-order valence-corrected chi connectivity index (χ4v) is 0.496. The zero-order valence-corrected chi connectivity index (χ0v) is 5.44. The first-order valence-electron chi connectivity index (χ1n) is 2.67. The van der Waals surface area contributed by atoms with E-state index < -0.39 is 6.09 Å². The Morgan fingerprint density at radius 2 is 2.60 bits per heavy atom. The van der Waals surface area contributed by atoms with Gasteiger partial charge in [-0.1, -0.05) is 0 Å². The van der Waals surface area contributed by atoms with Crippen molar-refractivity contribution in [3.8, 4) is 0 Å². The summed E-state index contributed by atoms with van der Waals surface area (Å²) in [5.74, 6) is 0. The molecular weight excluding hydrogens is 134 g/mol. The molecule has 10 heavy (non-hydrogen) atoms. The molecule has 1 aliphatic heterocycles. The average molecular weight is 141 g/mol. The monoisotopic (exact) mass is 141 g/mol. The summed E-state index contributed by atoms with van der Waals surface area (Å²) >= 11 is 0. The lowest BCUT2D eigenvalue weighted by Crippen LogP contribution is -2.36. The van der Waals surface area contributed by atoms with Crippen LogP contribution < -0.4 is 5.53 Å². The van der Waals surface area contributed by atoms with E-state index in [0.29, 0.717) is 0 Å². The number of hydrazone groups is 1. The highest BCUT2D eigenvalue weighted by molar-refractivity contribution is 5.75. The number of hydrogen-bond acceptors (Lipinski definition) is 4. The molecule has 0 atom stereocenters. The van der Waals surface area contributed by atoms with E-state index in [1.807, 2.05) is 0 Å². The van der Waals surface area contributed by atoms with E-state index in [9.17, 15) is 4.79 Å². The van der Waals surface area contributed by atoms with Crippen LogP contribution in [0.25, 0.3) is 0 Å². The summed E-state index contributed by atoms with van der Waals surface area (Å²) in [6.07, 6.45) is 4.17. The third-order valence-electron chi connectivity index (χ3n) is 0.933. The molecule has 0 radical (unpaired) electrons. The van der Waals surface area contributed by atoms with E-state index in [2.05, 4.69) is 15.4 Å². The lowest BCUT2D eigenvalue weighted by molar-refractivity contribution is 0.123. The van der Waals surface area contributed by atoms with Gasteiger partial charge in [-0.05, 0) is 6.08 Å². The smallest absolute Gasteiger partial charge is 0.433 e. The molecule has 0 aromatic carbocycles. The highest BCUT2D eigenvalue weighted by Gasteiger charge is 2.09. The summed E-state index contributed by atoms with van der Waals surface area (Å²) in [5.41, 5.74) is 2.41. The van der Waals surface area contributed by atoms with Gasteiger partial charge in [0.1, 0.15) is 0 Å². The first kappa shape index (κ1) is 6.60. The van der Waals surface area contributed by atoms with Crippen molar-refractivity contribution in [1.29, 1.82) is 0 Å². The lowest BCUT2D eigenvalue weighted by atomic mass is 10.6. The number of methoxy groups -OCH3 is 1. The van der Waals surface area contributed by atoms with Crippen LogP contribution in [0.3, 0.4) is 0 Å². The molecule has 0 aromatic rings. The van der Waals surface area contributed by atoms with Gasteiger partial charge < -0.3 is 4.74 Å². The van der Waals surface area contributed by atoms with Gasteiger partial charge in [-0.3, -0.25) is 0 Å². The standard InChI is InChI=1S/C5H7N3O2/c1-10-5(9)8-4-2-3-6-7-8/h2-4,7H,1H3. The Morgan fingerprint density at radius 1 is 1.80 bits per heavy atom. The molecule has 0 aliphatic carbocycles. The molecule has 1 N–H and O–H groups in total. The number of nitrogens with zero attached hydrogens (tertiary/aromatic N) is 2. The number of allylic oxidation sites excluding steroid dienone is 1. The van der Waals surface area contributed by atoms with E-state index in [1.165, 1.54) is 19.5 Å². The van der Waals surface area contributed by atoms with Crippen molar-refractivity contribution in [2.75, 3.05) is 7.11 Å². The zero-order valence-electron chi connectivity index (χ0n) is 5.44. The molecular formula is C5H7N3O2. The SMILES string of the molecule is COC(=O)N1C=CC=NN1. The van der Waals surface area contributed by atoms with Crippen LogP contribution in [0.5, 0.6) is 0 Å². The Morgan fingerprint density at radius 3 is 3.10 bits per heavy atom. The van der Waals surface area contributed by atoms with Crippen molar-refractivity contribution in [2.24, 2.45) is 5.10 Å². The summed E-state index contributed by atoms with van der Waals surface area (Å²) < 4.78 is 4.39. The normalized spacial score (nSPS) is 14.7. The molecule has 0 unspecified atom stereocenters. The van der Waals surface area contributed by atoms with E-state index in [0.717, 1.165) is 5.01 Å². The number of rotatable bonds is 0. The molecule has 1 aliphatic rings. The van der Waals surface area contributed by atoms with Crippen LogP contribution in [0.15, 0.2) is 17.4 Å². The maximum Gasteiger partial charge on any atom is 0.433 e. The topological polar surface area (TPSA) is 53.9 Å². The first-order valence-corrected chi connectivity index (χ1v) is 2.67. The van der Waals surface area contributed by atoms with Gasteiger partial charge in [0, 0.05) is 6.20 Å². The third-order valence-corrected chi connectivity index (χ3v) is 0.933. The van der Waals surface area contributed by atoms with Crippen molar-refractivity contribution >= 4 is 12.3 Å². The van der Waals surface area contributed by atoms with E-state index in [-0.39, 0.29) is 0 Å². The quantitative estimate of drug-likeness (QED) is 0.519. The zero-order chi connectivity index (χ0) is 7.40. The number of hydrazine groups is 1. The van der Waals surface area contributed by atoms with Crippen LogP contribution >= 0.6 is 0 Å². The summed E-state index contributed by atoms with van der Waals surface area (Å²) in [4.78, 5) is 10.7. The fraction of sp³-hybridized carbons (Fsp3) is 0.200. The summed E-state index contributed by atoms with van der Waals surface area (Å²) in [5, 5.41) is 4.72. The van der Waals surface area contributed by atoms with Crippen molar-refractivity contribution in [2.45, 2.75) is 0 Å². The molecule has 1 amide bonds. The molecule has 0 fully saturated rings. The molecule has 0 spiro atoms. The van der Waals surface area contributed by atoms with Gasteiger partial charge in [0.25, 0.3) is 0 Å².